The predicted molar refractivity (Wildman–Crippen MR) is 76.2 cm³/mol. The van der Waals surface area contributed by atoms with Crippen molar-refractivity contribution in [1.29, 1.82) is 0 Å². The molecular weight excluding hydrogens is 267 g/mol. The third-order valence-corrected chi connectivity index (χ3v) is 3.70. The predicted octanol–water partition coefficient (Wildman–Crippen LogP) is 4.55. The molecule has 90 valence electrons. The third-order valence-electron chi connectivity index (χ3n) is 2.96. The zero-order chi connectivity index (χ0) is 12.7. The van der Waals surface area contributed by atoms with Crippen LogP contribution in [0.25, 0.3) is 22.2 Å². The first-order valence-corrected chi connectivity index (χ1v) is 6.27. The Morgan fingerprint density at radius 3 is 2.61 bits per heavy atom. The molecule has 2 heterocycles. The molecule has 0 aliphatic heterocycles. The molecule has 0 amide bonds. The number of pyridine rings is 1. The average Bonchev–Trinajstić information content (AvgIpc) is 2.74. The number of hydrogen-bond acceptors (Lipinski definition) is 1. The Bertz CT molecular complexity index is 732. The summed E-state index contributed by atoms with van der Waals surface area (Å²) in [5.41, 5.74) is 3.02. The highest BCUT2D eigenvalue weighted by atomic mass is 35.5. The number of fused-ring (bicyclic) bond motifs is 1. The minimum Gasteiger partial charge on any atom is -0.336 e. The second kappa shape index (κ2) is 4.30. The van der Waals surface area contributed by atoms with Crippen molar-refractivity contribution < 1.29 is 0 Å². The van der Waals surface area contributed by atoms with Crippen molar-refractivity contribution in [3.63, 3.8) is 0 Å². The van der Waals surface area contributed by atoms with Crippen LogP contribution >= 0.6 is 23.2 Å². The van der Waals surface area contributed by atoms with Gasteiger partial charge in [0.1, 0.15) is 5.65 Å². The molecule has 0 unspecified atom stereocenters. The molecule has 18 heavy (non-hydrogen) atoms. The molecule has 0 bridgehead atoms. The summed E-state index contributed by atoms with van der Waals surface area (Å²) in [5, 5.41) is 2.23. The zero-order valence-electron chi connectivity index (χ0n) is 9.69. The standard InChI is InChI=1S/C14H10Cl2N2/c1-18-5-4-10-6-11(8-17-14(10)18)9-2-3-12(15)13(16)7-9/h2-8H,1H3. The fraction of sp³-hybridized carbons (Fsp3) is 0.0714. The highest BCUT2D eigenvalue weighted by molar-refractivity contribution is 6.42. The van der Waals surface area contributed by atoms with E-state index >= 15 is 0 Å². The van der Waals surface area contributed by atoms with Crippen LogP contribution in [-0.2, 0) is 7.05 Å². The van der Waals surface area contributed by atoms with E-state index in [1.54, 1.807) is 6.07 Å². The number of benzene rings is 1. The Balaban J connectivity index is 2.16. The van der Waals surface area contributed by atoms with Crippen LogP contribution in [0.5, 0.6) is 0 Å². The lowest BCUT2D eigenvalue weighted by molar-refractivity contribution is 0.949. The molecule has 0 saturated carbocycles. The van der Waals surface area contributed by atoms with Gasteiger partial charge in [0.25, 0.3) is 0 Å². The molecule has 0 N–H and O–H groups in total. The lowest BCUT2D eigenvalue weighted by Crippen LogP contribution is -1.88. The van der Waals surface area contributed by atoms with E-state index in [4.69, 9.17) is 23.2 Å². The van der Waals surface area contributed by atoms with Crippen LogP contribution in [0.4, 0.5) is 0 Å². The van der Waals surface area contributed by atoms with E-state index in [-0.39, 0.29) is 0 Å². The maximum absolute atomic E-state index is 6.03. The van der Waals surface area contributed by atoms with Gasteiger partial charge in [-0.15, -0.1) is 0 Å². The number of aryl methyl sites for hydroxylation is 1. The molecule has 4 heteroatoms. The monoisotopic (exact) mass is 276 g/mol. The molecule has 0 fully saturated rings. The molecule has 3 aromatic rings. The van der Waals surface area contributed by atoms with E-state index in [1.165, 1.54) is 0 Å². The first kappa shape index (κ1) is 11.6. The molecule has 0 radical (unpaired) electrons. The van der Waals surface area contributed by atoms with Crippen molar-refractivity contribution in [1.82, 2.24) is 9.55 Å². The molecule has 0 aliphatic rings. The van der Waals surface area contributed by atoms with Crippen LogP contribution in [0.1, 0.15) is 0 Å². The van der Waals surface area contributed by atoms with E-state index in [2.05, 4.69) is 11.1 Å². The first-order valence-electron chi connectivity index (χ1n) is 5.51. The third kappa shape index (κ3) is 1.88. The van der Waals surface area contributed by atoms with Crippen LogP contribution in [0.3, 0.4) is 0 Å². The molecule has 3 rings (SSSR count). The second-order valence-corrected chi connectivity index (χ2v) is 5.01. The van der Waals surface area contributed by atoms with Crippen LogP contribution in [-0.4, -0.2) is 9.55 Å². The summed E-state index contributed by atoms with van der Waals surface area (Å²) >= 11 is 11.9. The summed E-state index contributed by atoms with van der Waals surface area (Å²) in [6, 6.07) is 9.75. The smallest absolute Gasteiger partial charge is 0.139 e. The van der Waals surface area contributed by atoms with Crippen molar-refractivity contribution >= 4 is 34.2 Å². The zero-order valence-corrected chi connectivity index (χ0v) is 11.2. The number of hydrogen-bond donors (Lipinski definition) is 0. The normalized spacial score (nSPS) is 11.1. The van der Waals surface area contributed by atoms with Gasteiger partial charge in [-0.05, 0) is 29.8 Å². The summed E-state index contributed by atoms with van der Waals surface area (Å²) in [5.74, 6) is 0. The van der Waals surface area contributed by atoms with Gasteiger partial charge in [0.05, 0.1) is 10.0 Å². The maximum atomic E-state index is 6.03. The Labute approximate surface area is 115 Å². The molecular formula is C14H10Cl2N2. The van der Waals surface area contributed by atoms with E-state index < -0.39 is 0 Å². The number of nitrogens with zero attached hydrogens (tertiary/aromatic N) is 2. The topological polar surface area (TPSA) is 17.8 Å². The summed E-state index contributed by atoms with van der Waals surface area (Å²) in [7, 11) is 1.98. The highest BCUT2D eigenvalue weighted by Gasteiger charge is 2.05. The van der Waals surface area contributed by atoms with E-state index in [0.717, 1.165) is 22.2 Å². The van der Waals surface area contributed by atoms with E-state index in [0.29, 0.717) is 10.0 Å². The van der Waals surface area contributed by atoms with Crippen LogP contribution in [0.2, 0.25) is 10.0 Å². The quantitative estimate of drug-likeness (QED) is 0.638. The van der Waals surface area contributed by atoms with Crippen LogP contribution < -0.4 is 0 Å². The number of aromatic nitrogens is 2. The van der Waals surface area contributed by atoms with Gasteiger partial charge >= 0.3 is 0 Å². The first-order chi connectivity index (χ1) is 8.65. The SMILES string of the molecule is Cn1ccc2cc(-c3ccc(Cl)c(Cl)c3)cnc21. The van der Waals surface area contributed by atoms with Gasteiger partial charge in [-0.3, -0.25) is 0 Å². The average molecular weight is 277 g/mol. The van der Waals surface area contributed by atoms with Crippen LogP contribution in [0.15, 0.2) is 42.7 Å². The molecule has 2 nitrogen and oxygen atoms in total. The highest BCUT2D eigenvalue weighted by Crippen LogP contribution is 2.29. The van der Waals surface area contributed by atoms with Crippen molar-refractivity contribution in [3.05, 3.63) is 52.8 Å². The van der Waals surface area contributed by atoms with Crippen molar-refractivity contribution in [3.8, 4) is 11.1 Å². The van der Waals surface area contributed by atoms with Crippen molar-refractivity contribution in [2.75, 3.05) is 0 Å². The molecule has 0 aliphatic carbocycles. The Morgan fingerprint density at radius 1 is 1.00 bits per heavy atom. The van der Waals surface area contributed by atoms with E-state index in [1.807, 2.05) is 42.2 Å². The number of halogens is 2. The fourth-order valence-corrected chi connectivity index (χ4v) is 2.29. The lowest BCUT2D eigenvalue weighted by atomic mass is 10.1. The maximum Gasteiger partial charge on any atom is 0.139 e. The largest absolute Gasteiger partial charge is 0.336 e. The van der Waals surface area contributed by atoms with E-state index in [9.17, 15) is 0 Å². The summed E-state index contributed by atoms with van der Waals surface area (Å²) in [6.45, 7) is 0. The molecule has 0 atom stereocenters. The fourth-order valence-electron chi connectivity index (χ4n) is 1.99. The lowest BCUT2D eigenvalue weighted by Gasteiger charge is -2.04. The molecule has 0 saturated heterocycles. The van der Waals surface area contributed by atoms with Gasteiger partial charge in [0.15, 0.2) is 0 Å². The summed E-state index contributed by atoms with van der Waals surface area (Å²) in [4.78, 5) is 4.46. The molecule has 1 aromatic carbocycles. The van der Waals surface area contributed by atoms with Gasteiger partial charge in [-0.1, -0.05) is 29.3 Å². The minimum atomic E-state index is 0.558. The Morgan fingerprint density at radius 2 is 1.83 bits per heavy atom. The second-order valence-electron chi connectivity index (χ2n) is 4.19. The number of rotatable bonds is 1. The van der Waals surface area contributed by atoms with Crippen molar-refractivity contribution in [2.45, 2.75) is 0 Å². The van der Waals surface area contributed by atoms with Gasteiger partial charge in [-0.25, -0.2) is 4.98 Å². The van der Waals surface area contributed by atoms with Crippen molar-refractivity contribution in [2.24, 2.45) is 7.05 Å². The van der Waals surface area contributed by atoms with Gasteiger partial charge in [-0.2, -0.15) is 0 Å². The van der Waals surface area contributed by atoms with Gasteiger partial charge in [0.2, 0.25) is 0 Å². The Hall–Kier alpha value is -1.51. The Kier molecular flexibility index (Phi) is 2.77. The summed E-state index contributed by atoms with van der Waals surface area (Å²) in [6.07, 6.45) is 3.85. The molecule has 0 spiro atoms. The van der Waals surface area contributed by atoms with Gasteiger partial charge < -0.3 is 4.57 Å². The van der Waals surface area contributed by atoms with Crippen LogP contribution in [0, 0.1) is 0 Å². The molecule has 2 aromatic heterocycles. The van der Waals surface area contributed by atoms with Gasteiger partial charge in [0, 0.05) is 30.4 Å². The summed E-state index contributed by atoms with van der Waals surface area (Å²) < 4.78 is 1.99. The minimum absolute atomic E-state index is 0.558.